The van der Waals surface area contributed by atoms with E-state index < -0.39 is 0 Å². The number of amides is 1. The van der Waals surface area contributed by atoms with E-state index >= 15 is 0 Å². The molecule has 1 amide bonds. The zero-order valence-corrected chi connectivity index (χ0v) is 12.2. The summed E-state index contributed by atoms with van der Waals surface area (Å²) in [6.45, 7) is 0.660. The quantitative estimate of drug-likeness (QED) is 0.796. The Bertz CT molecular complexity index is 582. The highest BCUT2D eigenvalue weighted by atomic mass is 79.9. The van der Waals surface area contributed by atoms with Gasteiger partial charge < -0.3 is 10.1 Å². The minimum atomic E-state index is -0.260. The molecule has 20 heavy (non-hydrogen) atoms. The lowest BCUT2D eigenvalue weighted by atomic mass is 9.90. The zero-order chi connectivity index (χ0) is 13.9. The number of halogens is 1. The molecule has 2 aromatic rings. The summed E-state index contributed by atoms with van der Waals surface area (Å²) in [5, 5.41) is 16.1. The third-order valence-corrected chi connectivity index (χ3v) is 3.95. The summed E-state index contributed by atoms with van der Waals surface area (Å²) in [6, 6.07) is 0. The summed E-state index contributed by atoms with van der Waals surface area (Å²) in [7, 11) is 0. The van der Waals surface area contributed by atoms with E-state index in [1.807, 2.05) is 0 Å². The molecular formula is C12H14BrN5O2. The summed E-state index contributed by atoms with van der Waals surface area (Å²) < 4.78 is 6.47. The first-order valence-corrected chi connectivity index (χ1v) is 7.15. The first-order valence-electron chi connectivity index (χ1n) is 6.35. The number of nitrogens with one attached hydrogen (secondary N) is 3. The summed E-state index contributed by atoms with van der Waals surface area (Å²) in [4.78, 5) is 12.4. The highest BCUT2D eigenvalue weighted by Crippen LogP contribution is 2.34. The highest BCUT2D eigenvalue weighted by molar-refractivity contribution is 9.10. The Morgan fingerprint density at radius 2 is 2.35 bits per heavy atom. The van der Waals surface area contributed by atoms with Crippen LogP contribution in [0, 0.1) is 5.92 Å². The summed E-state index contributed by atoms with van der Waals surface area (Å²) in [5.74, 6) is 0.240. The molecule has 0 radical (unpaired) electrons. The number of hydrogen-bond acceptors (Lipinski definition) is 4. The Balaban J connectivity index is 1.76. The van der Waals surface area contributed by atoms with Gasteiger partial charge in [0.1, 0.15) is 5.82 Å². The third kappa shape index (κ3) is 2.61. The molecule has 0 bridgehead atoms. The minimum absolute atomic E-state index is 0.0825. The van der Waals surface area contributed by atoms with E-state index in [1.54, 1.807) is 18.6 Å². The largest absolute Gasteiger partial charge is 0.373 e. The standard InChI is InChI=1S/C12H14BrN5O2/c13-9-6-16-18-11(9)17-12(19)8-2-1-3-20-10(8)7-4-14-15-5-7/h4-6,8,10H,1-3H2,(H,14,15)(H2,16,17,18,19)/t8-,10+/m1/s1. The van der Waals surface area contributed by atoms with Gasteiger partial charge in [0, 0.05) is 18.4 Å². The van der Waals surface area contributed by atoms with Crippen LogP contribution in [0.3, 0.4) is 0 Å². The Morgan fingerprint density at radius 1 is 1.45 bits per heavy atom. The number of carbonyl (C=O) groups is 1. The average molecular weight is 340 g/mol. The fourth-order valence-corrected chi connectivity index (χ4v) is 2.66. The lowest BCUT2D eigenvalue weighted by Crippen LogP contribution is -2.33. The molecule has 3 heterocycles. The van der Waals surface area contributed by atoms with E-state index in [0.717, 1.165) is 22.9 Å². The van der Waals surface area contributed by atoms with Gasteiger partial charge in [-0.25, -0.2) is 0 Å². The van der Waals surface area contributed by atoms with Crippen molar-refractivity contribution in [3.8, 4) is 0 Å². The van der Waals surface area contributed by atoms with Gasteiger partial charge >= 0.3 is 0 Å². The highest BCUT2D eigenvalue weighted by Gasteiger charge is 2.34. The van der Waals surface area contributed by atoms with Crippen LogP contribution in [0.25, 0.3) is 0 Å². The van der Waals surface area contributed by atoms with Crippen molar-refractivity contribution in [1.82, 2.24) is 20.4 Å². The maximum atomic E-state index is 12.4. The first kappa shape index (κ1) is 13.3. The molecular weight excluding hydrogens is 326 g/mol. The predicted octanol–water partition coefficient (Wildman–Crippen LogP) is 2.00. The molecule has 0 unspecified atom stereocenters. The SMILES string of the molecule is O=C(Nc1[nH]ncc1Br)[C@@H]1CCCO[C@H]1c1cn[nH]c1. The van der Waals surface area contributed by atoms with Crippen molar-refractivity contribution >= 4 is 27.7 Å². The molecule has 1 aliphatic rings. The van der Waals surface area contributed by atoms with Crippen molar-refractivity contribution in [3.05, 3.63) is 28.6 Å². The third-order valence-electron chi connectivity index (χ3n) is 3.35. The molecule has 1 fully saturated rings. The Hall–Kier alpha value is -1.67. The number of rotatable bonds is 3. The van der Waals surface area contributed by atoms with Gasteiger partial charge in [-0.15, -0.1) is 0 Å². The van der Waals surface area contributed by atoms with Crippen molar-refractivity contribution in [1.29, 1.82) is 0 Å². The van der Waals surface area contributed by atoms with E-state index in [0.29, 0.717) is 12.4 Å². The normalized spacial score (nSPS) is 22.6. The fraction of sp³-hybridized carbons (Fsp3) is 0.417. The van der Waals surface area contributed by atoms with Crippen molar-refractivity contribution in [2.45, 2.75) is 18.9 Å². The molecule has 1 saturated heterocycles. The number of anilines is 1. The van der Waals surface area contributed by atoms with Crippen LogP contribution in [0.5, 0.6) is 0 Å². The van der Waals surface area contributed by atoms with Gasteiger partial charge in [-0.2, -0.15) is 10.2 Å². The van der Waals surface area contributed by atoms with Crippen LogP contribution < -0.4 is 5.32 Å². The topological polar surface area (TPSA) is 95.7 Å². The molecule has 3 N–H and O–H groups in total. The number of carbonyl (C=O) groups excluding carboxylic acids is 1. The lowest BCUT2D eigenvalue weighted by molar-refractivity contribution is -0.129. The second kappa shape index (κ2) is 5.76. The molecule has 0 aromatic carbocycles. The van der Waals surface area contributed by atoms with E-state index in [-0.39, 0.29) is 17.9 Å². The van der Waals surface area contributed by atoms with Crippen LogP contribution in [0.1, 0.15) is 24.5 Å². The molecule has 7 nitrogen and oxygen atoms in total. The summed E-state index contributed by atoms with van der Waals surface area (Å²) in [5.41, 5.74) is 0.897. The molecule has 1 aliphatic heterocycles. The number of hydrogen-bond donors (Lipinski definition) is 3. The van der Waals surface area contributed by atoms with E-state index in [1.165, 1.54) is 0 Å². The Labute approximate surface area is 123 Å². The smallest absolute Gasteiger partial charge is 0.231 e. The van der Waals surface area contributed by atoms with Crippen LogP contribution >= 0.6 is 15.9 Å². The predicted molar refractivity (Wildman–Crippen MR) is 74.9 cm³/mol. The van der Waals surface area contributed by atoms with Gasteiger partial charge in [-0.05, 0) is 28.8 Å². The maximum absolute atomic E-state index is 12.4. The van der Waals surface area contributed by atoms with Crippen molar-refractivity contribution in [3.63, 3.8) is 0 Å². The Morgan fingerprint density at radius 3 is 3.05 bits per heavy atom. The molecule has 0 aliphatic carbocycles. The summed E-state index contributed by atoms with van der Waals surface area (Å²) >= 11 is 3.32. The van der Waals surface area contributed by atoms with Crippen molar-refractivity contribution in [2.24, 2.45) is 5.92 Å². The van der Waals surface area contributed by atoms with Crippen LogP contribution in [0.15, 0.2) is 23.1 Å². The number of H-pyrrole nitrogens is 2. The van der Waals surface area contributed by atoms with Gasteiger partial charge in [0.2, 0.25) is 5.91 Å². The lowest BCUT2D eigenvalue weighted by Gasteiger charge is -2.30. The fourth-order valence-electron chi connectivity index (χ4n) is 2.37. The van der Waals surface area contributed by atoms with Crippen LogP contribution in [-0.4, -0.2) is 32.9 Å². The number of aromatic amines is 2. The number of ether oxygens (including phenoxy) is 1. The second-order valence-electron chi connectivity index (χ2n) is 4.65. The van der Waals surface area contributed by atoms with Gasteiger partial charge in [0.15, 0.2) is 0 Å². The second-order valence-corrected chi connectivity index (χ2v) is 5.51. The van der Waals surface area contributed by atoms with Gasteiger partial charge in [-0.1, -0.05) is 0 Å². The molecule has 3 rings (SSSR count). The molecule has 106 valence electrons. The number of nitrogens with zero attached hydrogens (tertiary/aromatic N) is 2. The molecule has 8 heteroatoms. The minimum Gasteiger partial charge on any atom is -0.373 e. The van der Waals surface area contributed by atoms with Gasteiger partial charge in [0.25, 0.3) is 0 Å². The summed E-state index contributed by atoms with van der Waals surface area (Å²) in [6.07, 6.45) is 6.46. The van der Waals surface area contributed by atoms with Gasteiger partial charge in [-0.3, -0.25) is 15.0 Å². The average Bonchev–Trinajstić information content (AvgIpc) is 3.11. The van der Waals surface area contributed by atoms with E-state index in [2.05, 4.69) is 41.6 Å². The molecule has 2 aromatic heterocycles. The van der Waals surface area contributed by atoms with Crippen molar-refractivity contribution < 1.29 is 9.53 Å². The van der Waals surface area contributed by atoms with Crippen LogP contribution in [0.4, 0.5) is 5.82 Å². The maximum Gasteiger partial charge on any atom is 0.231 e. The zero-order valence-electron chi connectivity index (χ0n) is 10.6. The monoisotopic (exact) mass is 339 g/mol. The molecule has 0 saturated carbocycles. The van der Waals surface area contributed by atoms with Crippen LogP contribution in [-0.2, 0) is 9.53 Å². The Kier molecular flexibility index (Phi) is 3.83. The van der Waals surface area contributed by atoms with E-state index in [9.17, 15) is 4.79 Å². The molecule has 2 atom stereocenters. The van der Waals surface area contributed by atoms with E-state index in [4.69, 9.17) is 4.74 Å². The van der Waals surface area contributed by atoms with Crippen molar-refractivity contribution in [2.75, 3.05) is 11.9 Å². The molecule has 0 spiro atoms. The van der Waals surface area contributed by atoms with Crippen LogP contribution in [0.2, 0.25) is 0 Å². The number of aromatic nitrogens is 4. The first-order chi connectivity index (χ1) is 9.75. The van der Waals surface area contributed by atoms with Gasteiger partial charge in [0.05, 0.1) is 28.9 Å².